The van der Waals surface area contributed by atoms with E-state index in [0.29, 0.717) is 11.6 Å². The van der Waals surface area contributed by atoms with Gasteiger partial charge in [-0.15, -0.1) is 0 Å². The topological polar surface area (TPSA) is 59.0 Å². The lowest BCUT2D eigenvalue weighted by molar-refractivity contribution is -0.137. The van der Waals surface area contributed by atoms with Crippen LogP contribution in [-0.2, 0) is 13.2 Å². The van der Waals surface area contributed by atoms with Gasteiger partial charge in [-0.1, -0.05) is 18.2 Å². The fourth-order valence-electron chi connectivity index (χ4n) is 3.31. The molecule has 1 aliphatic carbocycles. The number of carbonyl (C=O) groups excluding carboxylic acids is 1. The van der Waals surface area contributed by atoms with Crippen molar-refractivity contribution in [3.63, 3.8) is 0 Å². The van der Waals surface area contributed by atoms with Crippen LogP contribution in [0, 0.1) is 0 Å². The normalized spacial score (nSPS) is 13.9. The van der Waals surface area contributed by atoms with E-state index in [2.05, 4.69) is 15.7 Å². The number of nitrogens with zero attached hydrogens (tertiary/aromatic N) is 2. The Kier molecular flexibility index (Phi) is 4.77. The minimum absolute atomic E-state index is 0.0659. The van der Waals surface area contributed by atoms with E-state index in [1.54, 1.807) is 6.07 Å². The summed E-state index contributed by atoms with van der Waals surface area (Å²) in [4.78, 5) is 12.3. The Hall–Kier alpha value is -3.29. The molecule has 0 unspecified atom stereocenters. The van der Waals surface area contributed by atoms with Crippen LogP contribution < -0.4 is 10.6 Å². The van der Waals surface area contributed by atoms with Crippen LogP contribution in [0.3, 0.4) is 0 Å². The number of anilines is 2. The molecule has 1 aromatic heterocycles. The zero-order chi connectivity index (χ0) is 20.6. The lowest BCUT2D eigenvalue weighted by atomic mass is 10.0. The highest BCUT2D eigenvalue weighted by Gasteiger charge is 2.30. The van der Waals surface area contributed by atoms with Crippen molar-refractivity contribution in [3.05, 3.63) is 65.9 Å². The van der Waals surface area contributed by atoms with Crippen LogP contribution in [-0.4, -0.2) is 15.8 Å². The lowest BCUT2D eigenvalue weighted by Crippen LogP contribution is -2.19. The molecule has 2 aromatic carbocycles. The molecule has 1 fully saturated rings. The van der Waals surface area contributed by atoms with Gasteiger partial charge in [0, 0.05) is 29.5 Å². The molecule has 0 spiro atoms. The van der Waals surface area contributed by atoms with Gasteiger partial charge in [-0.05, 0) is 49.1 Å². The average molecular weight is 400 g/mol. The standard InChI is InChI=1S/C21H19F3N4O/c1-28-19(18(12-25-28)13-8-9-13)14-4-2-6-16(10-14)26-20(29)27-17-7-3-5-15(11-17)21(22,23)24/h2-7,10-13H,8-9H2,1H3,(H2,26,27,29). The zero-order valence-corrected chi connectivity index (χ0v) is 15.6. The largest absolute Gasteiger partial charge is 0.416 e. The molecule has 4 rings (SSSR count). The van der Waals surface area contributed by atoms with Gasteiger partial charge >= 0.3 is 12.2 Å². The highest BCUT2D eigenvalue weighted by Crippen LogP contribution is 2.44. The molecule has 1 heterocycles. The quantitative estimate of drug-likeness (QED) is 0.597. The van der Waals surface area contributed by atoms with Crippen LogP contribution in [0.4, 0.5) is 29.3 Å². The number of amides is 2. The number of carbonyl (C=O) groups is 1. The maximum Gasteiger partial charge on any atom is 0.416 e. The minimum atomic E-state index is -4.47. The molecule has 1 aliphatic rings. The van der Waals surface area contributed by atoms with Crippen LogP contribution in [0.5, 0.6) is 0 Å². The molecule has 0 bridgehead atoms. The van der Waals surface area contributed by atoms with Gasteiger partial charge in [0.2, 0.25) is 0 Å². The van der Waals surface area contributed by atoms with Gasteiger partial charge in [-0.25, -0.2) is 4.79 Å². The van der Waals surface area contributed by atoms with E-state index < -0.39 is 17.8 Å². The highest BCUT2D eigenvalue weighted by molar-refractivity contribution is 6.00. The summed E-state index contributed by atoms with van der Waals surface area (Å²) in [6.45, 7) is 0. The molecule has 0 saturated heterocycles. The monoisotopic (exact) mass is 400 g/mol. The number of nitrogens with one attached hydrogen (secondary N) is 2. The number of benzene rings is 2. The summed E-state index contributed by atoms with van der Waals surface area (Å²) in [6, 6.07) is 11.2. The Bertz CT molecular complexity index is 1050. The van der Waals surface area contributed by atoms with E-state index in [-0.39, 0.29) is 5.69 Å². The van der Waals surface area contributed by atoms with Gasteiger partial charge in [-0.3, -0.25) is 4.68 Å². The highest BCUT2D eigenvalue weighted by atomic mass is 19.4. The number of halogens is 3. The first-order valence-corrected chi connectivity index (χ1v) is 9.19. The molecule has 5 nitrogen and oxygen atoms in total. The van der Waals surface area contributed by atoms with Crippen molar-refractivity contribution < 1.29 is 18.0 Å². The SMILES string of the molecule is Cn1ncc(C2CC2)c1-c1cccc(NC(=O)Nc2cccc(C(F)(F)F)c2)c1. The molecule has 0 radical (unpaired) electrons. The summed E-state index contributed by atoms with van der Waals surface area (Å²) in [5.74, 6) is 0.527. The second-order valence-corrected chi connectivity index (χ2v) is 7.08. The van der Waals surface area contributed by atoms with E-state index in [1.165, 1.54) is 17.7 Å². The predicted octanol–water partition coefficient (Wildman–Crippen LogP) is 5.63. The Morgan fingerprint density at radius 1 is 1.07 bits per heavy atom. The van der Waals surface area contributed by atoms with Gasteiger partial charge in [0.15, 0.2) is 0 Å². The van der Waals surface area contributed by atoms with Crippen molar-refractivity contribution >= 4 is 17.4 Å². The van der Waals surface area contributed by atoms with Crippen molar-refractivity contribution in [2.75, 3.05) is 10.6 Å². The maximum atomic E-state index is 12.8. The van der Waals surface area contributed by atoms with Gasteiger partial charge in [0.25, 0.3) is 0 Å². The Morgan fingerprint density at radius 2 is 1.72 bits per heavy atom. The predicted molar refractivity (Wildman–Crippen MR) is 105 cm³/mol. The summed E-state index contributed by atoms with van der Waals surface area (Å²) >= 11 is 0. The number of rotatable bonds is 4. The van der Waals surface area contributed by atoms with Crippen molar-refractivity contribution in [3.8, 4) is 11.3 Å². The zero-order valence-electron chi connectivity index (χ0n) is 15.6. The van der Waals surface area contributed by atoms with Crippen molar-refractivity contribution in [1.29, 1.82) is 0 Å². The van der Waals surface area contributed by atoms with Crippen LogP contribution in [0.2, 0.25) is 0 Å². The van der Waals surface area contributed by atoms with Crippen LogP contribution in [0.15, 0.2) is 54.7 Å². The number of hydrogen-bond donors (Lipinski definition) is 2. The molecule has 3 aromatic rings. The van der Waals surface area contributed by atoms with Gasteiger partial charge in [0.05, 0.1) is 17.5 Å². The third-order valence-electron chi connectivity index (χ3n) is 4.83. The molecule has 2 amide bonds. The molecule has 1 saturated carbocycles. The second-order valence-electron chi connectivity index (χ2n) is 7.08. The number of aryl methyl sites for hydroxylation is 1. The van der Waals surface area contributed by atoms with Gasteiger partial charge in [0.1, 0.15) is 0 Å². The number of hydrogen-bond acceptors (Lipinski definition) is 2. The molecule has 2 N–H and O–H groups in total. The van der Waals surface area contributed by atoms with E-state index >= 15 is 0 Å². The van der Waals surface area contributed by atoms with Crippen molar-refractivity contribution in [1.82, 2.24) is 9.78 Å². The average Bonchev–Trinajstić information content (AvgIpc) is 3.43. The molecule has 150 valence electrons. The summed E-state index contributed by atoms with van der Waals surface area (Å²) in [5, 5.41) is 9.47. The third kappa shape index (κ3) is 4.26. The van der Waals surface area contributed by atoms with Crippen LogP contribution in [0.25, 0.3) is 11.3 Å². The minimum Gasteiger partial charge on any atom is -0.308 e. The molecular formula is C21H19F3N4O. The molecular weight excluding hydrogens is 381 g/mol. The van der Waals surface area contributed by atoms with Crippen molar-refractivity contribution in [2.45, 2.75) is 24.9 Å². The first-order chi connectivity index (χ1) is 13.8. The number of aromatic nitrogens is 2. The molecule has 8 heteroatoms. The first kappa shape index (κ1) is 19.0. The fourth-order valence-corrected chi connectivity index (χ4v) is 3.31. The lowest BCUT2D eigenvalue weighted by Gasteiger charge is -2.12. The van der Waals surface area contributed by atoms with E-state index in [4.69, 9.17) is 0 Å². The maximum absolute atomic E-state index is 12.8. The van der Waals surface area contributed by atoms with Crippen LogP contribution in [0.1, 0.15) is 29.9 Å². The first-order valence-electron chi connectivity index (χ1n) is 9.19. The van der Waals surface area contributed by atoms with Crippen LogP contribution >= 0.6 is 0 Å². The Balaban J connectivity index is 1.50. The third-order valence-corrected chi connectivity index (χ3v) is 4.83. The number of urea groups is 1. The summed E-state index contributed by atoms with van der Waals surface area (Å²) in [7, 11) is 1.88. The number of alkyl halides is 3. The fraction of sp³-hybridized carbons (Fsp3) is 0.238. The van der Waals surface area contributed by atoms with E-state index in [1.807, 2.05) is 36.1 Å². The molecule has 0 aliphatic heterocycles. The molecule has 29 heavy (non-hydrogen) atoms. The Morgan fingerprint density at radius 3 is 2.38 bits per heavy atom. The summed E-state index contributed by atoms with van der Waals surface area (Å²) in [5.41, 5.74) is 2.91. The van der Waals surface area contributed by atoms with Gasteiger partial charge in [-0.2, -0.15) is 18.3 Å². The Labute approximate surface area is 165 Å². The summed E-state index contributed by atoms with van der Waals surface area (Å²) in [6.07, 6.45) is -0.287. The van der Waals surface area contributed by atoms with Crippen molar-refractivity contribution in [2.24, 2.45) is 7.05 Å². The molecule has 0 atom stereocenters. The summed E-state index contributed by atoms with van der Waals surface area (Å²) < 4.78 is 40.3. The van der Waals surface area contributed by atoms with Gasteiger partial charge < -0.3 is 10.6 Å². The van der Waals surface area contributed by atoms with E-state index in [9.17, 15) is 18.0 Å². The van der Waals surface area contributed by atoms with E-state index in [0.717, 1.165) is 36.2 Å². The smallest absolute Gasteiger partial charge is 0.308 e. The second kappa shape index (κ2) is 7.27.